The van der Waals surface area contributed by atoms with E-state index in [-0.39, 0.29) is 6.29 Å². The minimum absolute atomic E-state index is 0.0903. The Bertz CT molecular complexity index is 274. The van der Waals surface area contributed by atoms with Gasteiger partial charge in [-0.15, -0.1) is 0 Å². The van der Waals surface area contributed by atoms with E-state index in [0.717, 1.165) is 17.5 Å². The second-order valence-electron chi connectivity index (χ2n) is 7.99. The first kappa shape index (κ1) is 26.6. The van der Waals surface area contributed by atoms with Crippen molar-refractivity contribution in [1.29, 1.82) is 0 Å². The predicted octanol–water partition coefficient (Wildman–Crippen LogP) is 6.82. The van der Waals surface area contributed by atoms with E-state index in [9.17, 15) is 0 Å². The molecular formula is C22H46INO2. The number of alkyl halides is 1. The number of halogens is 1. The number of nitrogens with zero attached hydrogens (tertiary/aromatic N) is 1. The summed E-state index contributed by atoms with van der Waals surface area (Å²) in [5, 5.41) is 0. The summed E-state index contributed by atoms with van der Waals surface area (Å²) in [6.45, 7) is 3.12. The third-order valence-electron chi connectivity index (χ3n) is 4.58. The Morgan fingerprint density at radius 2 is 1.35 bits per heavy atom. The van der Waals surface area contributed by atoms with Crippen LogP contribution in [0, 0.1) is 0 Å². The van der Waals surface area contributed by atoms with Crippen LogP contribution in [0.2, 0.25) is 0 Å². The van der Waals surface area contributed by atoms with Gasteiger partial charge in [-0.3, -0.25) is 0 Å². The van der Waals surface area contributed by atoms with Crippen LogP contribution in [0.4, 0.5) is 0 Å². The van der Waals surface area contributed by atoms with Gasteiger partial charge in [0.15, 0.2) is 6.29 Å². The molecular weight excluding hydrogens is 437 g/mol. The minimum Gasteiger partial charge on any atom is -0.352 e. The summed E-state index contributed by atoms with van der Waals surface area (Å²) in [6.07, 6.45) is 19.7. The molecule has 1 aliphatic rings. The molecule has 0 aromatic heterocycles. The lowest BCUT2D eigenvalue weighted by atomic mass is 10.0. The van der Waals surface area contributed by atoms with E-state index >= 15 is 0 Å². The summed E-state index contributed by atoms with van der Waals surface area (Å²) in [5.41, 5.74) is 0. The van der Waals surface area contributed by atoms with Gasteiger partial charge in [0.25, 0.3) is 0 Å². The van der Waals surface area contributed by atoms with E-state index in [1.54, 1.807) is 0 Å². The van der Waals surface area contributed by atoms with Crippen molar-refractivity contribution >= 4 is 22.6 Å². The minimum atomic E-state index is 0.0903. The molecule has 0 aliphatic carbocycles. The molecule has 1 aliphatic heterocycles. The molecule has 0 radical (unpaired) electrons. The summed E-state index contributed by atoms with van der Waals surface area (Å²) < 4.78 is 12.6. The topological polar surface area (TPSA) is 21.7 Å². The predicted molar refractivity (Wildman–Crippen MR) is 123 cm³/mol. The molecule has 1 heterocycles. The van der Waals surface area contributed by atoms with E-state index in [0.29, 0.717) is 6.10 Å². The zero-order chi connectivity index (χ0) is 19.5. The number of unbranched alkanes of at least 4 members (excludes halogenated alkanes) is 10. The third-order valence-corrected chi connectivity index (χ3v) is 5.02. The molecule has 4 heteroatoms. The maximum atomic E-state index is 5.93. The monoisotopic (exact) mass is 483 g/mol. The number of rotatable bonds is 15. The zero-order valence-electron chi connectivity index (χ0n) is 18.1. The Labute approximate surface area is 178 Å². The number of hydrogen-bond donors (Lipinski definition) is 0. The molecule has 0 bridgehead atoms. The Hall–Kier alpha value is 0.610. The van der Waals surface area contributed by atoms with Gasteiger partial charge in [0.1, 0.15) is 0 Å². The number of hydrogen-bond acceptors (Lipinski definition) is 3. The standard InChI is InChI=1S/C19H37IO2.C3H9N/c1-2-3-4-5-6-7-8-9-10-11-12-13-18-14-15-19(22-18)21-17-16-20;1-4(2)3/h18-19H,2-17H2,1H3;1-3H3. The summed E-state index contributed by atoms with van der Waals surface area (Å²) in [6, 6.07) is 0. The highest BCUT2D eigenvalue weighted by molar-refractivity contribution is 14.1. The summed E-state index contributed by atoms with van der Waals surface area (Å²) in [4.78, 5) is 2.00. The fourth-order valence-corrected chi connectivity index (χ4v) is 3.47. The molecule has 2 unspecified atom stereocenters. The molecule has 1 fully saturated rings. The Morgan fingerprint density at radius 1 is 0.846 bits per heavy atom. The number of ether oxygens (including phenoxy) is 2. The molecule has 158 valence electrons. The summed E-state index contributed by atoms with van der Waals surface area (Å²) >= 11 is 2.35. The molecule has 0 aromatic rings. The fraction of sp³-hybridized carbons (Fsp3) is 1.00. The lowest BCUT2D eigenvalue weighted by Gasteiger charge is -2.13. The molecule has 0 N–H and O–H groups in total. The molecule has 0 saturated carbocycles. The maximum absolute atomic E-state index is 5.93. The van der Waals surface area contributed by atoms with E-state index in [4.69, 9.17) is 9.47 Å². The highest BCUT2D eigenvalue weighted by Crippen LogP contribution is 2.25. The highest BCUT2D eigenvalue weighted by atomic mass is 127. The molecule has 1 saturated heterocycles. The second-order valence-corrected chi connectivity index (χ2v) is 9.07. The van der Waals surface area contributed by atoms with Crippen LogP contribution in [0.5, 0.6) is 0 Å². The van der Waals surface area contributed by atoms with Gasteiger partial charge >= 0.3 is 0 Å². The van der Waals surface area contributed by atoms with Crippen LogP contribution in [0.25, 0.3) is 0 Å². The van der Waals surface area contributed by atoms with Crippen molar-refractivity contribution in [2.24, 2.45) is 0 Å². The largest absolute Gasteiger partial charge is 0.352 e. The average Bonchev–Trinajstić information content (AvgIpc) is 3.05. The first-order chi connectivity index (χ1) is 12.6. The van der Waals surface area contributed by atoms with Crippen LogP contribution in [0.15, 0.2) is 0 Å². The Morgan fingerprint density at radius 3 is 1.85 bits per heavy atom. The summed E-state index contributed by atoms with van der Waals surface area (Å²) in [5.74, 6) is 0. The van der Waals surface area contributed by atoms with Crippen LogP contribution in [0.3, 0.4) is 0 Å². The van der Waals surface area contributed by atoms with Crippen molar-refractivity contribution in [3.05, 3.63) is 0 Å². The SMILES string of the molecule is CCCCCCCCCCCCCC1CCC(OCCI)O1.CN(C)C. The van der Waals surface area contributed by atoms with Gasteiger partial charge in [0.2, 0.25) is 0 Å². The highest BCUT2D eigenvalue weighted by Gasteiger charge is 2.24. The van der Waals surface area contributed by atoms with Gasteiger partial charge in [-0.05, 0) is 34.0 Å². The van der Waals surface area contributed by atoms with Gasteiger partial charge in [0.05, 0.1) is 12.7 Å². The van der Waals surface area contributed by atoms with Gasteiger partial charge in [-0.1, -0.05) is 100 Å². The second kappa shape index (κ2) is 20.3. The van der Waals surface area contributed by atoms with Crippen LogP contribution in [-0.2, 0) is 9.47 Å². The van der Waals surface area contributed by atoms with Crippen molar-refractivity contribution in [3.63, 3.8) is 0 Å². The van der Waals surface area contributed by atoms with Crippen LogP contribution < -0.4 is 0 Å². The van der Waals surface area contributed by atoms with Gasteiger partial charge in [-0.2, -0.15) is 0 Å². The van der Waals surface area contributed by atoms with E-state index in [1.165, 1.54) is 83.5 Å². The quantitative estimate of drug-likeness (QED) is 0.145. The first-order valence-electron chi connectivity index (χ1n) is 11.0. The van der Waals surface area contributed by atoms with Crippen molar-refractivity contribution in [3.8, 4) is 0 Å². The molecule has 3 nitrogen and oxygen atoms in total. The van der Waals surface area contributed by atoms with Crippen LogP contribution >= 0.6 is 22.6 Å². The van der Waals surface area contributed by atoms with Crippen molar-refractivity contribution in [1.82, 2.24) is 4.90 Å². The molecule has 0 aromatic carbocycles. The smallest absolute Gasteiger partial charge is 0.158 e. The van der Waals surface area contributed by atoms with Crippen molar-refractivity contribution < 1.29 is 9.47 Å². The molecule has 1 rings (SSSR count). The van der Waals surface area contributed by atoms with E-state index < -0.39 is 0 Å². The fourth-order valence-electron chi connectivity index (χ4n) is 3.22. The van der Waals surface area contributed by atoms with Crippen LogP contribution in [0.1, 0.15) is 96.8 Å². The first-order valence-corrected chi connectivity index (χ1v) is 12.6. The Balaban J connectivity index is 0.00000141. The Kier molecular flexibility index (Phi) is 20.8. The van der Waals surface area contributed by atoms with E-state index in [2.05, 4.69) is 29.5 Å². The normalized spacial score (nSPS) is 19.6. The lowest BCUT2D eigenvalue weighted by molar-refractivity contribution is -0.130. The maximum Gasteiger partial charge on any atom is 0.158 e. The average molecular weight is 484 g/mol. The molecule has 26 heavy (non-hydrogen) atoms. The summed E-state index contributed by atoms with van der Waals surface area (Å²) in [7, 11) is 6.00. The van der Waals surface area contributed by atoms with Gasteiger partial charge in [-0.25, -0.2) is 0 Å². The molecule has 0 amide bonds. The van der Waals surface area contributed by atoms with Crippen LogP contribution in [-0.4, -0.2) is 49.5 Å². The molecule has 0 spiro atoms. The van der Waals surface area contributed by atoms with E-state index in [1.807, 2.05) is 26.0 Å². The lowest BCUT2D eigenvalue weighted by Crippen LogP contribution is -2.15. The van der Waals surface area contributed by atoms with Crippen molar-refractivity contribution in [2.45, 2.75) is 109 Å². The zero-order valence-corrected chi connectivity index (χ0v) is 20.3. The van der Waals surface area contributed by atoms with Gasteiger partial charge < -0.3 is 14.4 Å². The third kappa shape index (κ3) is 19.4. The van der Waals surface area contributed by atoms with Crippen molar-refractivity contribution in [2.75, 3.05) is 32.2 Å². The van der Waals surface area contributed by atoms with Gasteiger partial charge in [0, 0.05) is 10.8 Å². The molecule has 2 atom stereocenters.